The van der Waals surface area contributed by atoms with Gasteiger partial charge in [-0.2, -0.15) is 0 Å². The lowest BCUT2D eigenvalue weighted by molar-refractivity contribution is 1.42. The van der Waals surface area contributed by atoms with Crippen molar-refractivity contribution >= 4 is 57.4 Å². The molecule has 1 aromatic carbocycles. The van der Waals surface area contributed by atoms with E-state index < -0.39 is 0 Å². The molecule has 0 saturated carbocycles. The van der Waals surface area contributed by atoms with Gasteiger partial charge in [-0.3, -0.25) is 0 Å². The van der Waals surface area contributed by atoms with Gasteiger partial charge in [0.25, 0.3) is 0 Å². The Morgan fingerprint density at radius 2 is 2.29 bits per heavy atom. The average molecular weight is 261 g/mol. The Balaban J connectivity index is 2.77. The number of hydrogen-bond acceptors (Lipinski definition) is 3. The summed E-state index contributed by atoms with van der Waals surface area (Å²) in [5, 5.41) is 1.25. The first kappa shape index (κ1) is 10.7. The van der Waals surface area contributed by atoms with Crippen LogP contribution in [0.5, 0.6) is 0 Å². The summed E-state index contributed by atoms with van der Waals surface area (Å²) in [5.74, 6) is 0.565. The number of alkyl halides is 1. The van der Waals surface area contributed by atoms with Gasteiger partial charge in [0.05, 0.1) is 4.21 Å². The van der Waals surface area contributed by atoms with Crippen molar-refractivity contribution in [2.24, 2.45) is 0 Å². The second-order valence-electron chi connectivity index (χ2n) is 2.89. The first-order valence-corrected chi connectivity index (χ1v) is 7.13. The number of thioether (sulfide) groups is 1. The Morgan fingerprint density at radius 1 is 1.50 bits per heavy atom. The molecule has 1 heterocycles. The number of rotatable bonds is 2. The summed E-state index contributed by atoms with van der Waals surface area (Å²) in [6.45, 7) is 0. The van der Waals surface area contributed by atoms with E-state index >= 15 is 0 Å². The molecule has 0 unspecified atom stereocenters. The zero-order valence-corrected chi connectivity index (χ0v) is 10.9. The summed E-state index contributed by atoms with van der Waals surface area (Å²) < 4.78 is 2.36. The quantitative estimate of drug-likeness (QED) is 0.466. The van der Waals surface area contributed by atoms with Crippen LogP contribution in [-0.4, -0.2) is 6.26 Å². The summed E-state index contributed by atoms with van der Waals surface area (Å²) in [5.41, 5.74) is 1.19. The van der Waals surface area contributed by atoms with Crippen LogP contribution in [0.15, 0.2) is 27.3 Å². The Hall–Kier alpha value is 0.170. The van der Waals surface area contributed by atoms with E-state index in [0.717, 1.165) is 4.21 Å². The third-order valence-electron chi connectivity index (χ3n) is 2.09. The summed E-state index contributed by atoms with van der Waals surface area (Å²) in [4.78, 5) is 1.30. The monoisotopic (exact) mass is 260 g/mol. The molecule has 0 saturated heterocycles. The van der Waals surface area contributed by atoms with Crippen LogP contribution in [0.4, 0.5) is 0 Å². The molecule has 0 N–H and O–H groups in total. The van der Waals surface area contributed by atoms with E-state index in [1.807, 2.05) is 0 Å². The zero-order valence-electron chi connectivity index (χ0n) is 7.58. The van der Waals surface area contributed by atoms with E-state index in [1.54, 1.807) is 23.1 Å². The number of benzene rings is 1. The molecule has 0 amide bonds. The van der Waals surface area contributed by atoms with Crippen molar-refractivity contribution in [1.29, 1.82) is 0 Å². The number of fused-ring (bicyclic) bond motifs is 1. The molecule has 0 fully saturated rings. The number of thiophene rings is 1. The molecule has 4 heteroatoms. The molecule has 0 atom stereocenters. The van der Waals surface area contributed by atoms with Crippen molar-refractivity contribution in [3.63, 3.8) is 0 Å². The molecule has 1 aromatic heterocycles. The first-order valence-electron chi connectivity index (χ1n) is 4.10. The molecule has 0 nitrogen and oxygen atoms in total. The van der Waals surface area contributed by atoms with Gasteiger partial charge in [-0.15, -0.1) is 47.3 Å². The lowest BCUT2D eigenvalue weighted by Crippen LogP contribution is -1.79. The van der Waals surface area contributed by atoms with Crippen molar-refractivity contribution in [3.8, 4) is 0 Å². The molecule has 74 valence electrons. The van der Waals surface area contributed by atoms with E-state index in [4.69, 9.17) is 11.6 Å². The van der Waals surface area contributed by atoms with E-state index in [1.165, 1.54) is 20.5 Å². The van der Waals surface area contributed by atoms with Gasteiger partial charge >= 0.3 is 0 Å². The van der Waals surface area contributed by atoms with Crippen LogP contribution in [0.3, 0.4) is 0 Å². The van der Waals surface area contributed by atoms with Crippen LogP contribution in [0.2, 0.25) is 0 Å². The predicted octanol–water partition coefficient (Wildman–Crippen LogP) is 4.65. The van der Waals surface area contributed by atoms with Gasteiger partial charge in [-0.05, 0) is 29.3 Å². The van der Waals surface area contributed by atoms with Gasteiger partial charge in [-0.25, -0.2) is 0 Å². The van der Waals surface area contributed by atoms with E-state index in [2.05, 4.69) is 37.1 Å². The first-order chi connectivity index (χ1) is 6.76. The number of thiol groups is 1. The third-order valence-corrected chi connectivity index (χ3v) is 4.66. The maximum atomic E-state index is 5.88. The minimum absolute atomic E-state index is 0.565. The van der Waals surface area contributed by atoms with E-state index in [9.17, 15) is 0 Å². The second-order valence-corrected chi connectivity index (χ2v) is 5.84. The molecule has 14 heavy (non-hydrogen) atoms. The highest BCUT2D eigenvalue weighted by Gasteiger charge is 2.08. The van der Waals surface area contributed by atoms with Gasteiger partial charge in [0.15, 0.2) is 0 Å². The molecule has 2 aromatic rings. The Bertz CT molecular complexity index is 421. The van der Waals surface area contributed by atoms with Crippen LogP contribution in [0.25, 0.3) is 10.1 Å². The molecular formula is C10H9ClS3. The Kier molecular flexibility index (Phi) is 3.32. The van der Waals surface area contributed by atoms with Gasteiger partial charge in [0.2, 0.25) is 0 Å². The van der Waals surface area contributed by atoms with Crippen molar-refractivity contribution in [1.82, 2.24) is 0 Å². The minimum atomic E-state index is 0.565. The lowest BCUT2D eigenvalue weighted by Gasteiger charge is -2.02. The molecule has 2 rings (SSSR count). The van der Waals surface area contributed by atoms with Crippen molar-refractivity contribution in [3.05, 3.63) is 23.8 Å². The Morgan fingerprint density at radius 3 is 2.93 bits per heavy atom. The minimum Gasteiger partial charge on any atom is -0.133 e. The van der Waals surface area contributed by atoms with E-state index in [-0.39, 0.29) is 0 Å². The lowest BCUT2D eigenvalue weighted by atomic mass is 10.1. The van der Waals surface area contributed by atoms with Gasteiger partial charge in [0, 0.05) is 15.5 Å². The van der Waals surface area contributed by atoms with Gasteiger partial charge in [-0.1, -0.05) is 6.07 Å². The number of hydrogen-bond donors (Lipinski definition) is 1. The maximum Gasteiger partial charge on any atom is 0.0581 e. The maximum absolute atomic E-state index is 5.88. The van der Waals surface area contributed by atoms with Crippen LogP contribution in [0.1, 0.15) is 5.56 Å². The molecular weight excluding hydrogens is 252 g/mol. The van der Waals surface area contributed by atoms with Crippen LogP contribution in [0, 0.1) is 0 Å². The fraction of sp³-hybridized carbons (Fsp3) is 0.200. The van der Waals surface area contributed by atoms with Crippen molar-refractivity contribution < 1.29 is 0 Å². The summed E-state index contributed by atoms with van der Waals surface area (Å²) in [6.07, 6.45) is 2.09. The fourth-order valence-corrected chi connectivity index (χ4v) is 3.78. The third kappa shape index (κ3) is 1.78. The summed E-state index contributed by atoms with van der Waals surface area (Å²) >= 11 is 13.7. The second kappa shape index (κ2) is 4.35. The predicted molar refractivity (Wildman–Crippen MR) is 70.4 cm³/mol. The topological polar surface area (TPSA) is 0 Å². The number of halogens is 1. The largest absolute Gasteiger partial charge is 0.133 e. The SMILES string of the molecule is CSc1ccc(CCl)c2cc(S)sc12. The highest BCUT2D eigenvalue weighted by molar-refractivity contribution is 7.99. The standard InChI is InChI=1S/C10H9ClS3/c1-13-8-3-2-6(5-11)7-4-9(12)14-10(7)8/h2-4,12H,5H2,1H3. The zero-order chi connectivity index (χ0) is 10.1. The van der Waals surface area contributed by atoms with Crippen LogP contribution < -0.4 is 0 Å². The molecule has 0 radical (unpaired) electrons. The summed E-state index contributed by atoms with van der Waals surface area (Å²) in [6, 6.07) is 6.33. The van der Waals surface area contributed by atoms with E-state index in [0.29, 0.717) is 5.88 Å². The molecule has 0 aliphatic heterocycles. The molecule has 0 spiro atoms. The van der Waals surface area contributed by atoms with Crippen LogP contribution in [-0.2, 0) is 5.88 Å². The Labute approximate surface area is 102 Å². The average Bonchev–Trinajstić information content (AvgIpc) is 2.57. The molecule has 0 bridgehead atoms. The normalized spacial score (nSPS) is 11.1. The van der Waals surface area contributed by atoms with Crippen LogP contribution >= 0.6 is 47.3 Å². The highest BCUT2D eigenvalue weighted by Crippen LogP contribution is 2.37. The van der Waals surface area contributed by atoms with Gasteiger partial charge < -0.3 is 0 Å². The smallest absolute Gasteiger partial charge is 0.0581 e. The van der Waals surface area contributed by atoms with Crippen molar-refractivity contribution in [2.45, 2.75) is 15.0 Å². The molecule has 0 aliphatic carbocycles. The van der Waals surface area contributed by atoms with Gasteiger partial charge in [0.1, 0.15) is 0 Å². The fourth-order valence-electron chi connectivity index (χ4n) is 1.42. The highest BCUT2D eigenvalue weighted by atomic mass is 35.5. The summed E-state index contributed by atoms with van der Waals surface area (Å²) in [7, 11) is 0. The van der Waals surface area contributed by atoms with Crippen molar-refractivity contribution in [2.75, 3.05) is 6.26 Å². The molecule has 0 aliphatic rings.